The summed E-state index contributed by atoms with van der Waals surface area (Å²) in [6.07, 6.45) is 12.0. The van der Waals surface area contributed by atoms with E-state index < -0.39 is 6.09 Å². The Hall–Kier alpha value is -3.59. The van der Waals surface area contributed by atoms with E-state index in [-0.39, 0.29) is 17.9 Å². The summed E-state index contributed by atoms with van der Waals surface area (Å²) >= 11 is 6.36. The molecule has 2 aromatic heterocycles. The lowest BCUT2D eigenvalue weighted by atomic mass is 9.78. The molecule has 0 aliphatic heterocycles. The molecule has 0 unspecified atom stereocenters. The molecular weight excluding hydrogens is 554 g/mol. The molecule has 9 nitrogen and oxygen atoms in total. The van der Waals surface area contributed by atoms with E-state index >= 15 is 0 Å². The van der Waals surface area contributed by atoms with E-state index in [2.05, 4.69) is 27.5 Å². The minimum atomic E-state index is -0.415. The molecule has 5 rings (SSSR count). The second-order valence-corrected chi connectivity index (χ2v) is 11.9. The summed E-state index contributed by atoms with van der Waals surface area (Å²) in [4.78, 5) is 32.2. The van der Waals surface area contributed by atoms with Crippen molar-refractivity contribution >= 4 is 29.3 Å². The van der Waals surface area contributed by atoms with E-state index in [1.165, 1.54) is 0 Å². The van der Waals surface area contributed by atoms with Crippen LogP contribution in [0.2, 0.25) is 5.02 Å². The maximum Gasteiger partial charge on any atom is 0.407 e. The predicted octanol–water partition coefficient (Wildman–Crippen LogP) is 6.37. The van der Waals surface area contributed by atoms with Crippen LogP contribution in [0, 0.1) is 11.8 Å². The molecule has 1 N–H and O–H groups in total. The van der Waals surface area contributed by atoms with Gasteiger partial charge in [0.05, 0.1) is 13.3 Å². The molecule has 2 saturated carbocycles. The number of methoxy groups -OCH3 is 1. The zero-order valence-corrected chi connectivity index (χ0v) is 25.3. The molecule has 2 aliphatic rings. The first kappa shape index (κ1) is 29.9. The Labute approximate surface area is 252 Å². The SMILES string of the molecule is CNC(=O)OC1CCC(C(=O)N(CC2CCC(c3cnc(OC)c(Cl)c3)CC2)c2cccc(-c3cnn(C)c3)c2)CC1. The Balaban J connectivity index is 1.30. The fourth-order valence-corrected chi connectivity index (χ4v) is 6.61. The number of alkyl carbamates (subject to hydrolysis) is 1. The third kappa shape index (κ3) is 7.06. The van der Waals surface area contributed by atoms with Crippen LogP contribution >= 0.6 is 11.6 Å². The number of pyridine rings is 1. The Morgan fingerprint density at radius 2 is 1.81 bits per heavy atom. The molecule has 2 aliphatic carbocycles. The third-order valence-corrected chi connectivity index (χ3v) is 9.01. The van der Waals surface area contributed by atoms with E-state index in [4.69, 9.17) is 21.1 Å². The zero-order chi connectivity index (χ0) is 29.6. The summed E-state index contributed by atoms with van der Waals surface area (Å²) in [5, 5.41) is 7.38. The highest BCUT2D eigenvalue weighted by Crippen LogP contribution is 2.39. The number of hydrogen-bond donors (Lipinski definition) is 1. The van der Waals surface area contributed by atoms with Gasteiger partial charge in [-0.25, -0.2) is 9.78 Å². The first-order valence-electron chi connectivity index (χ1n) is 14.8. The Kier molecular flexibility index (Phi) is 9.67. The van der Waals surface area contributed by atoms with Crippen LogP contribution in [-0.4, -0.2) is 53.6 Å². The monoisotopic (exact) mass is 593 g/mol. The standard InChI is InChI=1S/C32H40ClN5O4/c1-34-32(40)42-28-13-11-23(12-14-28)31(39)38(27-6-4-5-24(15-27)26-18-36-37(2)20-26)19-21-7-9-22(10-8-21)25-16-29(33)30(41-3)35-17-25/h4-6,15-18,20-23,28H,7-14,19H2,1-3H3,(H,34,40). The lowest BCUT2D eigenvalue weighted by molar-refractivity contribution is -0.124. The molecule has 3 aromatic rings. The number of hydrogen-bond acceptors (Lipinski definition) is 6. The van der Waals surface area contributed by atoms with Gasteiger partial charge < -0.3 is 19.7 Å². The number of aromatic nitrogens is 3. The number of rotatable bonds is 8. The molecule has 2 heterocycles. The summed E-state index contributed by atoms with van der Waals surface area (Å²) in [7, 11) is 5.04. The number of amides is 2. The van der Waals surface area contributed by atoms with Crippen LogP contribution in [0.3, 0.4) is 0 Å². The van der Waals surface area contributed by atoms with Crippen LogP contribution in [0.1, 0.15) is 62.8 Å². The molecule has 0 atom stereocenters. The van der Waals surface area contributed by atoms with E-state index in [0.29, 0.717) is 55.0 Å². The number of nitrogens with one attached hydrogen (secondary N) is 1. The van der Waals surface area contributed by atoms with Gasteiger partial charge in [-0.3, -0.25) is 9.48 Å². The molecule has 0 spiro atoms. The zero-order valence-electron chi connectivity index (χ0n) is 24.6. The van der Waals surface area contributed by atoms with Gasteiger partial charge in [0, 0.05) is 50.2 Å². The van der Waals surface area contributed by atoms with E-state index in [9.17, 15) is 9.59 Å². The van der Waals surface area contributed by atoms with Crippen molar-refractivity contribution in [3.05, 3.63) is 59.5 Å². The maximum absolute atomic E-state index is 14.1. The first-order valence-corrected chi connectivity index (χ1v) is 15.2. The van der Waals surface area contributed by atoms with E-state index in [0.717, 1.165) is 48.1 Å². The summed E-state index contributed by atoms with van der Waals surface area (Å²) in [6.45, 7) is 0.679. The van der Waals surface area contributed by atoms with Gasteiger partial charge in [-0.1, -0.05) is 23.7 Å². The number of aryl methyl sites for hydroxylation is 1. The highest BCUT2D eigenvalue weighted by Gasteiger charge is 2.34. The summed E-state index contributed by atoms with van der Waals surface area (Å²) < 4.78 is 12.5. The number of ether oxygens (including phenoxy) is 2. The van der Waals surface area contributed by atoms with Gasteiger partial charge in [0.2, 0.25) is 11.8 Å². The third-order valence-electron chi connectivity index (χ3n) is 8.74. The van der Waals surface area contributed by atoms with Gasteiger partial charge in [-0.05, 0) is 92.5 Å². The number of carbonyl (C=O) groups excluding carboxylic acids is 2. The van der Waals surface area contributed by atoms with Crippen molar-refractivity contribution in [3.63, 3.8) is 0 Å². The topological polar surface area (TPSA) is 98.6 Å². The van der Waals surface area contributed by atoms with Gasteiger partial charge >= 0.3 is 6.09 Å². The van der Waals surface area contributed by atoms with Crippen molar-refractivity contribution in [2.75, 3.05) is 25.6 Å². The normalized spacial score (nSPS) is 22.3. The van der Waals surface area contributed by atoms with Gasteiger partial charge in [0.15, 0.2) is 0 Å². The van der Waals surface area contributed by atoms with E-state index in [1.54, 1.807) is 18.8 Å². The van der Waals surface area contributed by atoms with Crippen LogP contribution < -0.4 is 15.0 Å². The quantitative estimate of drug-likeness (QED) is 0.326. The Bertz CT molecular complexity index is 1380. The van der Waals surface area contributed by atoms with Crippen molar-refractivity contribution in [1.82, 2.24) is 20.1 Å². The summed E-state index contributed by atoms with van der Waals surface area (Å²) in [6, 6.07) is 10.2. The minimum absolute atomic E-state index is 0.0968. The molecule has 0 bridgehead atoms. The summed E-state index contributed by atoms with van der Waals surface area (Å²) in [5.74, 6) is 1.30. The van der Waals surface area contributed by atoms with Crippen LogP contribution in [-0.2, 0) is 16.6 Å². The average Bonchev–Trinajstić information content (AvgIpc) is 3.46. The van der Waals surface area contributed by atoms with Crippen molar-refractivity contribution < 1.29 is 19.1 Å². The Morgan fingerprint density at radius 3 is 2.45 bits per heavy atom. The van der Waals surface area contributed by atoms with Crippen molar-refractivity contribution in [2.45, 2.75) is 63.4 Å². The predicted molar refractivity (Wildman–Crippen MR) is 163 cm³/mol. The number of anilines is 1. The first-order chi connectivity index (χ1) is 20.3. The van der Waals surface area contributed by atoms with Crippen molar-refractivity contribution in [3.8, 4) is 17.0 Å². The molecule has 0 radical (unpaired) electrons. The number of nitrogens with zero attached hydrogens (tertiary/aromatic N) is 4. The number of halogens is 1. The van der Waals surface area contributed by atoms with Crippen LogP contribution in [0.5, 0.6) is 5.88 Å². The maximum atomic E-state index is 14.1. The van der Waals surface area contributed by atoms with Gasteiger partial charge in [-0.15, -0.1) is 0 Å². The molecule has 2 amide bonds. The number of benzene rings is 1. The highest BCUT2D eigenvalue weighted by atomic mass is 35.5. The lowest BCUT2D eigenvalue weighted by Gasteiger charge is -2.36. The molecule has 224 valence electrons. The second kappa shape index (κ2) is 13.6. The molecule has 42 heavy (non-hydrogen) atoms. The van der Waals surface area contributed by atoms with Gasteiger partial charge in [0.25, 0.3) is 0 Å². The molecular formula is C32H40ClN5O4. The Morgan fingerprint density at radius 1 is 1.05 bits per heavy atom. The van der Waals surface area contributed by atoms with Gasteiger partial charge in [0.1, 0.15) is 11.1 Å². The van der Waals surface area contributed by atoms with Gasteiger partial charge in [-0.2, -0.15) is 5.10 Å². The lowest BCUT2D eigenvalue weighted by Crippen LogP contribution is -2.42. The fourth-order valence-electron chi connectivity index (χ4n) is 6.35. The largest absolute Gasteiger partial charge is 0.480 e. The van der Waals surface area contributed by atoms with Crippen molar-refractivity contribution in [2.24, 2.45) is 18.9 Å². The number of carbonyl (C=O) groups is 2. The van der Waals surface area contributed by atoms with Crippen LogP contribution in [0.25, 0.3) is 11.1 Å². The van der Waals surface area contributed by atoms with Crippen LogP contribution in [0.4, 0.5) is 10.5 Å². The molecule has 0 saturated heterocycles. The molecule has 1 aromatic carbocycles. The molecule has 2 fully saturated rings. The fraction of sp³-hybridized carbons (Fsp3) is 0.500. The minimum Gasteiger partial charge on any atom is -0.480 e. The van der Waals surface area contributed by atoms with E-state index in [1.807, 2.05) is 48.7 Å². The smallest absolute Gasteiger partial charge is 0.407 e. The van der Waals surface area contributed by atoms with Crippen LogP contribution in [0.15, 0.2) is 48.9 Å². The molecule has 10 heteroatoms. The second-order valence-electron chi connectivity index (χ2n) is 11.5. The van der Waals surface area contributed by atoms with Crippen molar-refractivity contribution in [1.29, 1.82) is 0 Å². The average molecular weight is 594 g/mol. The summed E-state index contributed by atoms with van der Waals surface area (Å²) in [5.41, 5.74) is 4.12. The highest BCUT2D eigenvalue weighted by molar-refractivity contribution is 6.31.